The molecule has 1 saturated heterocycles. The van der Waals surface area contributed by atoms with Crippen molar-refractivity contribution in [3.05, 3.63) is 70.8 Å². The number of carbonyl (C=O) groups is 3. The third kappa shape index (κ3) is 4.69. The van der Waals surface area contributed by atoms with Crippen molar-refractivity contribution in [3.63, 3.8) is 0 Å². The maximum atomic E-state index is 12.7. The van der Waals surface area contributed by atoms with Crippen LogP contribution in [0.25, 0.3) is 0 Å². The first-order valence-electron chi connectivity index (χ1n) is 10.9. The lowest BCUT2D eigenvalue weighted by Crippen LogP contribution is -2.53. The maximum Gasteiger partial charge on any atom is 0.251 e. The average molecular weight is 420 g/mol. The largest absolute Gasteiger partial charge is 0.350 e. The Kier molecular flexibility index (Phi) is 5.92. The second-order valence-corrected chi connectivity index (χ2v) is 9.01. The van der Waals surface area contributed by atoms with Crippen molar-refractivity contribution in [3.8, 4) is 0 Å². The van der Waals surface area contributed by atoms with Crippen molar-refractivity contribution in [2.75, 3.05) is 13.1 Å². The molecule has 0 aromatic heterocycles. The molecule has 0 saturated carbocycles. The number of nitrogens with zero attached hydrogens (tertiary/aromatic N) is 2. The minimum Gasteiger partial charge on any atom is -0.350 e. The van der Waals surface area contributed by atoms with Crippen LogP contribution in [0.5, 0.6) is 0 Å². The molecule has 0 unspecified atom stereocenters. The molecule has 1 fully saturated rings. The van der Waals surface area contributed by atoms with E-state index in [0.717, 1.165) is 25.1 Å². The number of carbonyl (C=O) groups excluding carboxylic acids is 3. The van der Waals surface area contributed by atoms with Gasteiger partial charge in [0.25, 0.3) is 5.91 Å². The highest BCUT2D eigenvalue weighted by molar-refractivity contribution is 6.01. The normalized spacial score (nSPS) is 17.0. The predicted octanol–water partition coefficient (Wildman–Crippen LogP) is 2.90. The van der Waals surface area contributed by atoms with Gasteiger partial charge >= 0.3 is 0 Å². The third-order valence-electron chi connectivity index (χ3n) is 6.38. The third-order valence-corrected chi connectivity index (χ3v) is 6.38. The highest BCUT2D eigenvalue weighted by atomic mass is 16.2. The van der Waals surface area contributed by atoms with E-state index in [1.54, 1.807) is 24.3 Å². The van der Waals surface area contributed by atoms with Crippen LogP contribution in [0.2, 0.25) is 0 Å². The SMILES string of the molecule is CC(C)(CNC(=O)c1ccc(CN2C(=O)CCC2=O)cc1)N1CCc2ccccc2C1. The number of fused-ring (bicyclic) bond motifs is 1. The van der Waals surface area contributed by atoms with Crippen molar-refractivity contribution in [2.45, 2.75) is 51.7 Å². The van der Waals surface area contributed by atoms with Crippen LogP contribution in [-0.2, 0) is 29.1 Å². The van der Waals surface area contributed by atoms with E-state index in [2.05, 4.69) is 48.3 Å². The Morgan fingerprint density at radius 2 is 1.58 bits per heavy atom. The summed E-state index contributed by atoms with van der Waals surface area (Å²) in [4.78, 5) is 39.9. The molecule has 162 valence electrons. The molecule has 2 aliphatic heterocycles. The minimum absolute atomic E-state index is 0.120. The first-order chi connectivity index (χ1) is 14.8. The number of rotatable bonds is 6. The lowest BCUT2D eigenvalue weighted by Gasteiger charge is -2.41. The van der Waals surface area contributed by atoms with Gasteiger partial charge in [0.1, 0.15) is 0 Å². The fraction of sp³-hybridized carbons (Fsp3) is 0.400. The molecule has 2 aromatic rings. The van der Waals surface area contributed by atoms with Crippen molar-refractivity contribution < 1.29 is 14.4 Å². The van der Waals surface area contributed by atoms with Gasteiger partial charge in [-0.1, -0.05) is 36.4 Å². The monoisotopic (exact) mass is 419 g/mol. The van der Waals surface area contributed by atoms with E-state index in [0.29, 0.717) is 12.1 Å². The van der Waals surface area contributed by atoms with E-state index < -0.39 is 0 Å². The standard InChI is InChI=1S/C25H29N3O3/c1-25(2,27-14-13-19-5-3-4-6-21(19)16-27)17-26-24(31)20-9-7-18(8-10-20)15-28-22(29)11-12-23(28)30/h3-10H,11-17H2,1-2H3,(H,26,31). The molecule has 0 spiro atoms. The number of hydrogen-bond donors (Lipinski definition) is 1. The van der Waals surface area contributed by atoms with Gasteiger partial charge in [-0.05, 0) is 49.1 Å². The van der Waals surface area contributed by atoms with Gasteiger partial charge in [-0.25, -0.2) is 0 Å². The summed E-state index contributed by atoms with van der Waals surface area (Å²) in [6.45, 7) is 7.00. The van der Waals surface area contributed by atoms with Gasteiger partial charge in [-0.15, -0.1) is 0 Å². The van der Waals surface area contributed by atoms with Crippen LogP contribution in [0, 0.1) is 0 Å². The summed E-state index contributed by atoms with van der Waals surface area (Å²) in [6, 6.07) is 15.7. The molecule has 2 aliphatic rings. The molecule has 2 heterocycles. The van der Waals surface area contributed by atoms with E-state index in [4.69, 9.17) is 0 Å². The maximum absolute atomic E-state index is 12.7. The van der Waals surface area contributed by atoms with E-state index >= 15 is 0 Å². The number of likely N-dealkylation sites (tertiary alicyclic amines) is 1. The minimum atomic E-state index is -0.167. The molecule has 31 heavy (non-hydrogen) atoms. The van der Waals surface area contributed by atoms with Gasteiger partial charge in [-0.2, -0.15) is 0 Å². The van der Waals surface area contributed by atoms with Gasteiger partial charge in [-0.3, -0.25) is 24.2 Å². The predicted molar refractivity (Wildman–Crippen MR) is 118 cm³/mol. The first-order valence-corrected chi connectivity index (χ1v) is 10.9. The fourth-order valence-electron chi connectivity index (χ4n) is 4.27. The van der Waals surface area contributed by atoms with E-state index in [1.807, 2.05) is 0 Å². The number of hydrogen-bond acceptors (Lipinski definition) is 4. The lowest BCUT2D eigenvalue weighted by molar-refractivity contribution is -0.139. The molecule has 0 aliphatic carbocycles. The summed E-state index contributed by atoms with van der Waals surface area (Å²) < 4.78 is 0. The molecule has 3 amide bonds. The Labute approximate surface area is 183 Å². The summed E-state index contributed by atoms with van der Waals surface area (Å²) in [5.41, 5.74) is 4.02. The van der Waals surface area contributed by atoms with Crippen molar-refractivity contribution in [2.24, 2.45) is 0 Å². The van der Waals surface area contributed by atoms with Gasteiger partial charge in [0, 0.05) is 43.6 Å². The molecule has 0 radical (unpaired) electrons. The summed E-state index contributed by atoms with van der Waals surface area (Å²) in [5.74, 6) is -0.380. The quantitative estimate of drug-likeness (QED) is 0.731. The highest BCUT2D eigenvalue weighted by Crippen LogP contribution is 2.25. The van der Waals surface area contributed by atoms with E-state index in [-0.39, 0.29) is 42.6 Å². The fourth-order valence-corrected chi connectivity index (χ4v) is 4.27. The first kappa shape index (κ1) is 21.2. The Balaban J connectivity index is 1.33. The van der Waals surface area contributed by atoms with Crippen molar-refractivity contribution in [1.29, 1.82) is 0 Å². The van der Waals surface area contributed by atoms with Crippen LogP contribution in [0.3, 0.4) is 0 Å². The van der Waals surface area contributed by atoms with Gasteiger partial charge in [0.15, 0.2) is 0 Å². The van der Waals surface area contributed by atoms with Gasteiger partial charge in [0.2, 0.25) is 11.8 Å². The van der Waals surface area contributed by atoms with E-state index in [1.165, 1.54) is 16.0 Å². The zero-order valence-corrected chi connectivity index (χ0v) is 18.2. The van der Waals surface area contributed by atoms with Crippen LogP contribution in [0.4, 0.5) is 0 Å². The Hall–Kier alpha value is -2.99. The number of nitrogens with one attached hydrogen (secondary N) is 1. The summed E-state index contributed by atoms with van der Waals surface area (Å²) in [6.07, 6.45) is 1.60. The molecule has 4 rings (SSSR count). The molecule has 1 N–H and O–H groups in total. The van der Waals surface area contributed by atoms with Gasteiger partial charge < -0.3 is 5.32 Å². The van der Waals surface area contributed by atoms with Crippen molar-refractivity contribution >= 4 is 17.7 Å². The van der Waals surface area contributed by atoms with Crippen LogP contribution in [0.15, 0.2) is 48.5 Å². The van der Waals surface area contributed by atoms with Crippen LogP contribution in [-0.4, -0.2) is 46.1 Å². The topological polar surface area (TPSA) is 69.7 Å². The average Bonchev–Trinajstić information content (AvgIpc) is 3.09. The molecular weight excluding hydrogens is 390 g/mol. The van der Waals surface area contributed by atoms with Crippen LogP contribution < -0.4 is 5.32 Å². The van der Waals surface area contributed by atoms with Crippen molar-refractivity contribution in [1.82, 2.24) is 15.1 Å². The molecular formula is C25H29N3O3. The molecule has 0 atom stereocenters. The highest BCUT2D eigenvalue weighted by Gasteiger charge is 2.30. The zero-order valence-electron chi connectivity index (χ0n) is 18.2. The number of amides is 3. The Morgan fingerprint density at radius 3 is 2.26 bits per heavy atom. The second-order valence-electron chi connectivity index (χ2n) is 9.01. The van der Waals surface area contributed by atoms with E-state index in [9.17, 15) is 14.4 Å². The van der Waals surface area contributed by atoms with Crippen LogP contribution >= 0.6 is 0 Å². The Morgan fingerprint density at radius 1 is 0.935 bits per heavy atom. The summed E-state index contributed by atoms with van der Waals surface area (Å²) >= 11 is 0. The second kappa shape index (κ2) is 8.63. The molecule has 2 aromatic carbocycles. The van der Waals surface area contributed by atoms with Crippen LogP contribution in [0.1, 0.15) is 53.7 Å². The number of benzene rings is 2. The Bertz CT molecular complexity index is 981. The summed E-state index contributed by atoms with van der Waals surface area (Å²) in [7, 11) is 0. The smallest absolute Gasteiger partial charge is 0.251 e. The lowest BCUT2D eigenvalue weighted by atomic mass is 9.94. The van der Waals surface area contributed by atoms with Gasteiger partial charge in [0.05, 0.1) is 6.54 Å². The molecule has 6 nitrogen and oxygen atoms in total. The summed E-state index contributed by atoms with van der Waals surface area (Å²) in [5, 5.41) is 3.07. The molecule has 6 heteroatoms. The number of imide groups is 1. The molecule has 0 bridgehead atoms. The zero-order chi connectivity index (χ0) is 22.0.